The van der Waals surface area contributed by atoms with E-state index in [9.17, 15) is 4.79 Å². The van der Waals surface area contributed by atoms with Gasteiger partial charge in [-0.15, -0.1) is 6.58 Å². The summed E-state index contributed by atoms with van der Waals surface area (Å²) in [6.45, 7) is 5.25. The first-order valence-corrected chi connectivity index (χ1v) is 3.63. The molecule has 2 heteroatoms. The molecule has 0 amide bonds. The number of carbonyl (C=O) groups is 1. The molecule has 1 aliphatic heterocycles. The van der Waals surface area contributed by atoms with Crippen molar-refractivity contribution < 1.29 is 4.79 Å². The summed E-state index contributed by atoms with van der Waals surface area (Å²) >= 11 is 0. The van der Waals surface area contributed by atoms with E-state index >= 15 is 0 Å². The highest BCUT2D eigenvalue weighted by atomic mass is 16.1. The highest BCUT2D eigenvalue weighted by Gasteiger charge is 2.38. The van der Waals surface area contributed by atoms with Gasteiger partial charge in [0.1, 0.15) is 5.78 Å². The van der Waals surface area contributed by atoms with Crippen molar-refractivity contribution in [3.05, 3.63) is 12.7 Å². The van der Waals surface area contributed by atoms with Crippen molar-refractivity contribution in [3.63, 3.8) is 0 Å². The minimum absolute atomic E-state index is 0.153. The fraction of sp³-hybridized carbons (Fsp3) is 0.625. The van der Waals surface area contributed by atoms with Crippen LogP contribution in [0.2, 0.25) is 0 Å². The summed E-state index contributed by atoms with van der Waals surface area (Å²) in [6.07, 6.45) is 3.94. The first-order chi connectivity index (χ1) is 4.75. The summed E-state index contributed by atoms with van der Waals surface area (Å²) in [6, 6.07) is 0.593. The van der Waals surface area contributed by atoms with Crippen molar-refractivity contribution in [3.8, 4) is 0 Å². The highest BCUT2D eigenvalue weighted by molar-refractivity contribution is 5.85. The second-order valence-electron chi connectivity index (χ2n) is 2.73. The molecule has 1 saturated heterocycles. The van der Waals surface area contributed by atoms with Crippen LogP contribution in [0.4, 0.5) is 0 Å². The van der Waals surface area contributed by atoms with Gasteiger partial charge in [0.15, 0.2) is 0 Å². The fourth-order valence-corrected chi connectivity index (χ4v) is 1.12. The zero-order valence-corrected chi connectivity index (χ0v) is 6.26. The molecule has 0 unspecified atom stereocenters. The lowest BCUT2D eigenvalue weighted by Crippen LogP contribution is -2.04. The van der Waals surface area contributed by atoms with Gasteiger partial charge in [-0.3, -0.25) is 4.79 Å². The third-order valence-electron chi connectivity index (χ3n) is 1.81. The van der Waals surface area contributed by atoms with E-state index in [4.69, 9.17) is 0 Å². The number of allylic oxidation sites excluding steroid dienone is 1. The van der Waals surface area contributed by atoms with Crippen molar-refractivity contribution in [2.24, 2.45) is 0 Å². The van der Waals surface area contributed by atoms with E-state index in [2.05, 4.69) is 11.9 Å². The second-order valence-corrected chi connectivity index (χ2v) is 2.73. The van der Waals surface area contributed by atoms with Gasteiger partial charge in [0.25, 0.3) is 0 Å². The number of ketones is 1. The summed E-state index contributed by atoms with van der Waals surface area (Å²) in [5.74, 6) is 0.258. The van der Waals surface area contributed by atoms with Gasteiger partial charge in [-0.25, -0.2) is 0 Å². The lowest BCUT2D eigenvalue weighted by atomic mass is 10.1. The summed E-state index contributed by atoms with van der Waals surface area (Å²) in [5.41, 5.74) is 0. The first-order valence-electron chi connectivity index (χ1n) is 3.63. The molecule has 0 aromatic heterocycles. The number of carbonyl (C=O) groups excluding carboxylic acids is 1. The molecule has 56 valence electrons. The number of hydrogen-bond acceptors (Lipinski definition) is 2. The maximum Gasteiger partial charge on any atom is 0.148 e. The van der Waals surface area contributed by atoms with Gasteiger partial charge in [-0.05, 0) is 19.8 Å². The maximum atomic E-state index is 10.7. The molecule has 0 bridgehead atoms. The van der Waals surface area contributed by atoms with Gasteiger partial charge >= 0.3 is 0 Å². The zero-order valence-electron chi connectivity index (χ0n) is 6.26. The molecular formula is C8H13NO. The third kappa shape index (κ3) is 1.67. The molecule has 1 N–H and O–H groups in total. The Morgan fingerprint density at radius 2 is 2.50 bits per heavy atom. The molecule has 1 fully saturated rings. The molecular weight excluding hydrogens is 126 g/mol. The Morgan fingerprint density at radius 1 is 1.80 bits per heavy atom. The minimum atomic E-state index is 0.153. The van der Waals surface area contributed by atoms with Crippen LogP contribution >= 0.6 is 0 Å². The topological polar surface area (TPSA) is 39.0 Å². The molecule has 1 heterocycles. The maximum absolute atomic E-state index is 10.7. The van der Waals surface area contributed by atoms with E-state index in [-0.39, 0.29) is 11.8 Å². The lowest BCUT2D eigenvalue weighted by Gasteiger charge is -1.88. The molecule has 2 nitrogen and oxygen atoms in total. The van der Waals surface area contributed by atoms with Gasteiger partial charge in [-0.1, -0.05) is 6.08 Å². The number of nitrogens with one attached hydrogen (secondary N) is 1. The largest absolute Gasteiger partial charge is 0.301 e. The van der Waals surface area contributed by atoms with E-state index in [0.29, 0.717) is 6.04 Å². The number of rotatable bonds is 4. The second kappa shape index (κ2) is 2.97. The van der Waals surface area contributed by atoms with Gasteiger partial charge in [-0.2, -0.15) is 0 Å². The van der Waals surface area contributed by atoms with Gasteiger partial charge in [0, 0.05) is 6.04 Å². The van der Waals surface area contributed by atoms with Crippen molar-refractivity contribution in [1.29, 1.82) is 0 Å². The standard InChI is InChI=1S/C8H13NO/c1-3-4-5-7-8(9-7)6(2)10/h3,7-9H,1,4-5H2,2H3/t7-,8-/m0/s1. The van der Waals surface area contributed by atoms with Crippen molar-refractivity contribution in [2.75, 3.05) is 0 Å². The SMILES string of the molecule is C=CCC[C@@H]1N[C@H]1C(C)=O. The summed E-state index contributed by atoms with van der Waals surface area (Å²) < 4.78 is 0. The van der Waals surface area contributed by atoms with E-state index in [1.54, 1.807) is 6.92 Å². The number of Topliss-reactive ketones (excluding diaryl/α,β-unsaturated/α-hetero) is 1. The fourth-order valence-electron chi connectivity index (χ4n) is 1.12. The van der Waals surface area contributed by atoms with Crippen molar-refractivity contribution in [1.82, 2.24) is 5.32 Å². The molecule has 1 rings (SSSR count). The van der Waals surface area contributed by atoms with E-state index in [0.717, 1.165) is 12.8 Å². The average molecular weight is 139 g/mol. The Kier molecular flexibility index (Phi) is 2.22. The van der Waals surface area contributed by atoms with Gasteiger partial charge in [0.05, 0.1) is 6.04 Å². The van der Waals surface area contributed by atoms with Crippen LogP contribution < -0.4 is 5.32 Å². The van der Waals surface area contributed by atoms with Crippen molar-refractivity contribution in [2.45, 2.75) is 31.8 Å². The van der Waals surface area contributed by atoms with Crippen LogP contribution in [0.25, 0.3) is 0 Å². The Hall–Kier alpha value is -0.630. The van der Waals surface area contributed by atoms with Crippen LogP contribution in [-0.2, 0) is 4.79 Å². The molecule has 1 aliphatic rings. The Bertz CT molecular complexity index is 153. The predicted molar refractivity (Wildman–Crippen MR) is 40.8 cm³/mol. The highest BCUT2D eigenvalue weighted by Crippen LogP contribution is 2.17. The molecule has 0 aromatic carbocycles. The smallest absolute Gasteiger partial charge is 0.148 e. The summed E-state index contributed by atoms with van der Waals surface area (Å²) in [5, 5.41) is 3.11. The normalized spacial score (nSPS) is 29.7. The van der Waals surface area contributed by atoms with Crippen LogP contribution in [0, 0.1) is 0 Å². The van der Waals surface area contributed by atoms with Crippen LogP contribution in [0.1, 0.15) is 19.8 Å². The molecule has 2 atom stereocenters. The molecule has 0 radical (unpaired) electrons. The Morgan fingerprint density at radius 3 is 2.90 bits per heavy atom. The van der Waals surface area contributed by atoms with Gasteiger partial charge in [0.2, 0.25) is 0 Å². The van der Waals surface area contributed by atoms with Crippen LogP contribution in [0.5, 0.6) is 0 Å². The Labute approximate surface area is 61.3 Å². The molecule has 0 saturated carbocycles. The van der Waals surface area contributed by atoms with Crippen LogP contribution in [-0.4, -0.2) is 17.9 Å². The van der Waals surface area contributed by atoms with Crippen LogP contribution in [0.15, 0.2) is 12.7 Å². The third-order valence-corrected chi connectivity index (χ3v) is 1.81. The Balaban J connectivity index is 2.13. The summed E-state index contributed by atoms with van der Waals surface area (Å²) in [7, 11) is 0. The molecule has 0 spiro atoms. The summed E-state index contributed by atoms with van der Waals surface area (Å²) in [4.78, 5) is 10.7. The predicted octanol–water partition coefficient (Wildman–Crippen LogP) is 0.882. The van der Waals surface area contributed by atoms with Crippen molar-refractivity contribution >= 4 is 5.78 Å². The number of hydrogen-bond donors (Lipinski definition) is 1. The van der Waals surface area contributed by atoms with E-state index in [1.165, 1.54) is 0 Å². The molecule has 0 aliphatic carbocycles. The average Bonchev–Trinajstić information content (AvgIpc) is 2.62. The van der Waals surface area contributed by atoms with E-state index in [1.807, 2.05) is 6.08 Å². The van der Waals surface area contributed by atoms with Gasteiger partial charge < -0.3 is 5.32 Å². The monoisotopic (exact) mass is 139 g/mol. The minimum Gasteiger partial charge on any atom is -0.301 e. The van der Waals surface area contributed by atoms with E-state index < -0.39 is 0 Å². The molecule has 0 aromatic rings. The first kappa shape index (κ1) is 7.48. The lowest BCUT2D eigenvalue weighted by molar-refractivity contribution is -0.116. The molecule has 10 heavy (non-hydrogen) atoms. The quantitative estimate of drug-likeness (QED) is 0.464. The zero-order chi connectivity index (χ0) is 7.56. The van der Waals surface area contributed by atoms with Crippen LogP contribution in [0.3, 0.4) is 0 Å².